The number of ether oxygens (including phenoxy) is 2. The molecule has 4 rings (SSSR count). The number of nitrogens with one attached hydrogen (secondary N) is 1. The number of benzene rings is 2. The standard InChI is InChI=1S/C21H19FN4O5/c1-30-16(31-2)11-25-20(12-6-8-14(22)9-7-12)17-18(23-24-19(17)21(25)27)13-4-3-5-15(10-13)26(28)29/h3-10,16,20H,11H2,1-2H3,(H,23,24). The third-order valence-electron chi connectivity index (χ3n) is 5.25. The van der Waals surface area contributed by atoms with Crippen molar-refractivity contribution < 1.29 is 23.6 Å². The van der Waals surface area contributed by atoms with Crippen molar-refractivity contribution in [2.24, 2.45) is 0 Å². The topological polar surface area (TPSA) is 111 Å². The van der Waals surface area contributed by atoms with E-state index in [-0.39, 0.29) is 23.8 Å². The summed E-state index contributed by atoms with van der Waals surface area (Å²) in [4.78, 5) is 25.5. The molecule has 0 saturated carbocycles. The molecular weight excluding hydrogens is 407 g/mol. The highest BCUT2D eigenvalue weighted by Gasteiger charge is 2.43. The maximum Gasteiger partial charge on any atom is 0.273 e. The number of nitrogens with zero attached hydrogens (tertiary/aromatic N) is 3. The molecule has 1 N–H and O–H groups in total. The lowest BCUT2D eigenvalue weighted by atomic mass is 9.96. The molecule has 0 bridgehead atoms. The van der Waals surface area contributed by atoms with Gasteiger partial charge in [0.05, 0.1) is 23.2 Å². The minimum absolute atomic E-state index is 0.0902. The molecule has 1 aliphatic heterocycles. The summed E-state index contributed by atoms with van der Waals surface area (Å²) in [5, 5.41) is 18.3. The summed E-state index contributed by atoms with van der Waals surface area (Å²) in [6, 6.07) is 11.2. The van der Waals surface area contributed by atoms with Crippen LogP contribution in [-0.2, 0) is 9.47 Å². The number of amides is 1. The number of hydrogen-bond donors (Lipinski definition) is 1. The summed E-state index contributed by atoms with van der Waals surface area (Å²) in [5.74, 6) is -0.731. The summed E-state index contributed by atoms with van der Waals surface area (Å²) in [6.45, 7) is 0.116. The number of aromatic nitrogens is 2. The zero-order valence-corrected chi connectivity index (χ0v) is 16.7. The van der Waals surface area contributed by atoms with E-state index in [0.717, 1.165) is 0 Å². The maximum absolute atomic E-state index is 13.6. The average Bonchev–Trinajstić information content (AvgIpc) is 3.32. The molecule has 0 aliphatic carbocycles. The highest BCUT2D eigenvalue weighted by atomic mass is 19.1. The smallest absolute Gasteiger partial charge is 0.273 e. The largest absolute Gasteiger partial charge is 0.354 e. The fourth-order valence-electron chi connectivity index (χ4n) is 3.77. The van der Waals surface area contributed by atoms with Gasteiger partial charge in [-0.25, -0.2) is 4.39 Å². The number of nitro groups is 1. The summed E-state index contributed by atoms with van der Waals surface area (Å²) < 4.78 is 24.1. The van der Waals surface area contributed by atoms with Gasteiger partial charge in [-0.2, -0.15) is 5.10 Å². The molecule has 31 heavy (non-hydrogen) atoms. The quantitative estimate of drug-likeness (QED) is 0.353. The first-order chi connectivity index (χ1) is 14.9. The first-order valence-corrected chi connectivity index (χ1v) is 9.39. The number of halogens is 1. The van der Waals surface area contributed by atoms with E-state index in [1.807, 2.05) is 0 Å². The summed E-state index contributed by atoms with van der Waals surface area (Å²) in [6.07, 6.45) is -0.676. The summed E-state index contributed by atoms with van der Waals surface area (Å²) in [7, 11) is 2.94. The van der Waals surface area contributed by atoms with Crippen molar-refractivity contribution >= 4 is 11.6 Å². The molecule has 0 fully saturated rings. The van der Waals surface area contributed by atoms with Gasteiger partial charge in [-0.05, 0) is 17.7 Å². The van der Waals surface area contributed by atoms with Crippen LogP contribution in [0.1, 0.15) is 27.7 Å². The second-order valence-corrected chi connectivity index (χ2v) is 6.98. The van der Waals surface area contributed by atoms with Crippen LogP contribution < -0.4 is 0 Å². The number of carbonyl (C=O) groups is 1. The molecule has 1 aromatic heterocycles. The number of fused-ring (bicyclic) bond motifs is 1. The van der Waals surface area contributed by atoms with Gasteiger partial charge in [0.25, 0.3) is 11.6 Å². The minimum atomic E-state index is -0.676. The minimum Gasteiger partial charge on any atom is -0.354 e. The Balaban J connectivity index is 1.85. The summed E-state index contributed by atoms with van der Waals surface area (Å²) >= 11 is 0. The second-order valence-electron chi connectivity index (χ2n) is 6.98. The molecular formula is C21H19FN4O5. The number of H-pyrrole nitrogens is 1. The van der Waals surface area contributed by atoms with Crippen LogP contribution in [0.3, 0.4) is 0 Å². The second kappa shape index (κ2) is 8.25. The molecule has 2 aromatic carbocycles. The van der Waals surface area contributed by atoms with Gasteiger partial charge in [-0.15, -0.1) is 0 Å². The SMILES string of the molecule is COC(CN1C(=O)c2[nH]nc(-c3cccc([N+](=O)[O-])c3)c2C1c1ccc(F)cc1)OC. The van der Waals surface area contributed by atoms with Crippen molar-refractivity contribution in [1.82, 2.24) is 15.1 Å². The van der Waals surface area contributed by atoms with E-state index >= 15 is 0 Å². The zero-order valence-electron chi connectivity index (χ0n) is 16.7. The zero-order chi connectivity index (χ0) is 22.1. The lowest BCUT2D eigenvalue weighted by molar-refractivity contribution is -0.384. The Morgan fingerprint density at radius 1 is 1.23 bits per heavy atom. The normalized spacial score (nSPS) is 15.5. The number of nitro benzene ring substituents is 1. The summed E-state index contributed by atoms with van der Waals surface area (Å²) in [5.41, 5.74) is 2.30. The number of hydrogen-bond acceptors (Lipinski definition) is 6. The lowest BCUT2D eigenvalue weighted by Gasteiger charge is -2.29. The Morgan fingerprint density at radius 2 is 1.94 bits per heavy atom. The van der Waals surface area contributed by atoms with Gasteiger partial charge in [-0.3, -0.25) is 20.0 Å². The molecule has 0 spiro atoms. The Bertz CT molecular complexity index is 1130. The van der Waals surface area contributed by atoms with Gasteiger partial charge >= 0.3 is 0 Å². The Kier molecular flexibility index (Phi) is 5.49. The van der Waals surface area contributed by atoms with Crippen LogP contribution in [0.5, 0.6) is 0 Å². The first kappa shape index (κ1) is 20.6. The molecule has 1 atom stereocenters. The highest BCUT2D eigenvalue weighted by molar-refractivity contribution is 6.00. The number of aromatic amines is 1. The molecule has 3 aromatic rings. The van der Waals surface area contributed by atoms with Crippen molar-refractivity contribution in [2.45, 2.75) is 12.3 Å². The predicted octanol–water partition coefficient (Wildman–Crippen LogP) is 3.29. The van der Waals surface area contributed by atoms with Crippen LogP contribution in [0.15, 0.2) is 48.5 Å². The van der Waals surface area contributed by atoms with Crippen LogP contribution >= 0.6 is 0 Å². The molecule has 2 heterocycles. The number of non-ortho nitro benzene ring substituents is 1. The van der Waals surface area contributed by atoms with Gasteiger partial charge in [0.15, 0.2) is 6.29 Å². The third kappa shape index (κ3) is 3.66. The van der Waals surface area contributed by atoms with E-state index in [1.165, 1.54) is 38.5 Å². The van der Waals surface area contributed by atoms with E-state index in [1.54, 1.807) is 29.2 Å². The highest BCUT2D eigenvalue weighted by Crippen LogP contribution is 2.43. The fraction of sp³-hybridized carbons (Fsp3) is 0.238. The lowest BCUT2D eigenvalue weighted by Crippen LogP contribution is -2.38. The van der Waals surface area contributed by atoms with Crippen LogP contribution in [0.2, 0.25) is 0 Å². The van der Waals surface area contributed by atoms with E-state index in [0.29, 0.717) is 22.4 Å². The van der Waals surface area contributed by atoms with Crippen molar-refractivity contribution in [3.8, 4) is 11.3 Å². The fourth-order valence-corrected chi connectivity index (χ4v) is 3.77. The molecule has 0 saturated heterocycles. The Hall–Kier alpha value is -3.63. The number of rotatable bonds is 7. The van der Waals surface area contributed by atoms with Gasteiger partial charge < -0.3 is 14.4 Å². The van der Waals surface area contributed by atoms with E-state index < -0.39 is 23.1 Å². The van der Waals surface area contributed by atoms with Crippen molar-refractivity contribution in [3.05, 3.63) is 81.3 Å². The maximum atomic E-state index is 13.6. The van der Waals surface area contributed by atoms with Crippen LogP contribution in [-0.4, -0.2) is 53.0 Å². The number of methoxy groups -OCH3 is 2. The molecule has 1 aliphatic rings. The van der Waals surface area contributed by atoms with Crippen molar-refractivity contribution in [1.29, 1.82) is 0 Å². The molecule has 0 radical (unpaired) electrons. The van der Waals surface area contributed by atoms with Gasteiger partial charge in [-0.1, -0.05) is 24.3 Å². The molecule has 10 heteroatoms. The monoisotopic (exact) mass is 426 g/mol. The van der Waals surface area contributed by atoms with Crippen LogP contribution in [0.25, 0.3) is 11.3 Å². The number of carbonyl (C=O) groups excluding carboxylic acids is 1. The molecule has 160 valence electrons. The predicted molar refractivity (Wildman–Crippen MR) is 108 cm³/mol. The molecule has 1 unspecified atom stereocenters. The Labute approximate surface area is 176 Å². The van der Waals surface area contributed by atoms with Crippen molar-refractivity contribution in [3.63, 3.8) is 0 Å². The van der Waals surface area contributed by atoms with E-state index in [2.05, 4.69) is 10.2 Å². The van der Waals surface area contributed by atoms with Crippen LogP contribution in [0.4, 0.5) is 10.1 Å². The van der Waals surface area contributed by atoms with Gasteiger partial charge in [0, 0.05) is 37.5 Å². The molecule has 9 nitrogen and oxygen atoms in total. The van der Waals surface area contributed by atoms with E-state index in [9.17, 15) is 19.3 Å². The Morgan fingerprint density at radius 3 is 2.58 bits per heavy atom. The van der Waals surface area contributed by atoms with E-state index in [4.69, 9.17) is 9.47 Å². The average molecular weight is 426 g/mol. The van der Waals surface area contributed by atoms with Crippen LogP contribution in [0, 0.1) is 15.9 Å². The van der Waals surface area contributed by atoms with Crippen molar-refractivity contribution in [2.75, 3.05) is 20.8 Å². The van der Waals surface area contributed by atoms with Gasteiger partial charge in [0.1, 0.15) is 11.5 Å². The van der Waals surface area contributed by atoms with Gasteiger partial charge in [0.2, 0.25) is 0 Å². The molecule has 1 amide bonds. The third-order valence-corrected chi connectivity index (χ3v) is 5.25. The first-order valence-electron chi connectivity index (χ1n) is 9.39.